The van der Waals surface area contributed by atoms with Gasteiger partial charge >= 0.3 is 16.3 Å². The first-order valence-electron chi connectivity index (χ1n) is 3.20. The van der Waals surface area contributed by atoms with Crippen molar-refractivity contribution < 1.29 is 26.9 Å². The van der Waals surface area contributed by atoms with Crippen molar-refractivity contribution in [2.24, 2.45) is 0 Å². The number of carbonyl (C=O) groups is 1. The first kappa shape index (κ1) is 11.9. The number of rotatable bonds is 5. The maximum absolute atomic E-state index is 10.6. The minimum absolute atomic E-state index is 0.0359. The summed E-state index contributed by atoms with van der Waals surface area (Å²) in [5.74, 6) is -0.862. The molecule has 0 aromatic rings. The Bertz CT molecular complexity index is 267. The van der Waals surface area contributed by atoms with Gasteiger partial charge in [0.05, 0.1) is 7.11 Å². The molecule has 0 saturated carbocycles. The van der Waals surface area contributed by atoms with Gasteiger partial charge in [-0.25, -0.2) is 4.79 Å². The van der Waals surface area contributed by atoms with E-state index in [1.807, 2.05) is 0 Å². The average Bonchev–Trinajstić information content (AvgIpc) is 2.11. The minimum Gasteiger partial charge on any atom is -0.430 e. The van der Waals surface area contributed by atoms with Gasteiger partial charge in [0.1, 0.15) is 6.61 Å². The molecular formula is C6H10O6S. The molecule has 0 aliphatic rings. The van der Waals surface area contributed by atoms with Gasteiger partial charge in [0.2, 0.25) is 5.94 Å². The predicted octanol–water partition coefficient (Wildman–Crippen LogP) is 0.259. The Hall–Kier alpha value is -1.08. The van der Waals surface area contributed by atoms with Crippen LogP contribution in [0.1, 0.15) is 0 Å². The highest BCUT2D eigenvalue weighted by Crippen LogP contribution is 1.93. The molecule has 0 unspecified atom stereocenters. The monoisotopic (exact) mass is 210 g/mol. The van der Waals surface area contributed by atoms with Crippen LogP contribution < -0.4 is 0 Å². The Labute approximate surface area is 76.2 Å². The van der Waals surface area contributed by atoms with Crippen LogP contribution in [0.2, 0.25) is 0 Å². The third-order valence-electron chi connectivity index (χ3n) is 0.894. The van der Waals surface area contributed by atoms with Gasteiger partial charge in [-0.1, -0.05) is 12.7 Å². The standard InChI is InChI=1S/C6H10O6S/c1-3-4-11-6(7)12-5-13(8,9)10-2/h3H,1,4-5H2,2H3. The Morgan fingerprint density at radius 2 is 2.08 bits per heavy atom. The van der Waals surface area contributed by atoms with E-state index in [0.717, 1.165) is 7.11 Å². The summed E-state index contributed by atoms with van der Waals surface area (Å²) in [5.41, 5.74) is 0. The summed E-state index contributed by atoms with van der Waals surface area (Å²) in [6, 6.07) is 0. The highest BCUT2D eigenvalue weighted by Gasteiger charge is 2.12. The van der Waals surface area contributed by atoms with Gasteiger partial charge in [-0.3, -0.25) is 4.18 Å². The van der Waals surface area contributed by atoms with Gasteiger partial charge in [0.25, 0.3) is 0 Å². The van der Waals surface area contributed by atoms with Crippen LogP contribution >= 0.6 is 0 Å². The van der Waals surface area contributed by atoms with Gasteiger partial charge in [-0.2, -0.15) is 8.42 Å². The summed E-state index contributed by atoms with van der Waals surface area (Å²) >= 11 is 0. The van der Waals surface area contributed by atoms with E-state index in [2.05, 4.69) is 20.2 Å². The second kappa shape index (κ2) is 5.55. The molecule has 0 amide bonds. The van der Waals surface area contributed by atoms with Crippen LogP contribution in [-0.2, 0) is 23.8 Å². The Morgan fingerprint density at radius 3 is 2.54 bits per heavy atom. The Kier molecular flexibility index (Phi) is 5.09. The van der Waals surface area contributed by atoms with E-state index in [9.17, 15) is 13.2 Å². The maximum atomic E-state index is 10.6. The van der Waals surface area contributed by atoms with E-state index in [0.29, 0.717) is 0 Å². The van der Waals surface area contributed by atoms with Crippen molar-refractivity contribution in [3.63, 3.8) is 0 Å². The summed E-state index contributed by atoms with van der Waals surface area (Å²) in [4.78, 5) is 10.6. The van der Waals surface area contributed by atoms with E-state index in [4.69, 9.17) is 0 Å². The van der Waals surface area contributed by atoms with E-state index >= 15 is 0 Å². The lowest BCUT2D eigenvalue weighted by Crippen LogP contribution is -2.16. The molecule has 13 heavy (non-hydrogen) atoms. The van der Waals surface area contributed by atoms with Crippen LogP contribution in [0.5, 0.6) is 0 Å². The molecule has 7 heteroatoms. The van der Waals surface area contributed by atoms with Gasteiger partial charge < -0.3 is 9.47 Å². The molecule has 0 spiro atoms. The molecule has 0 fully saturated rings. The molecule has 0 atom stereocenters. The normalized spacial score (nSPS) is 10.5. The van der Waals surface area contributed by atoms with Crippen molar-refractivity contribution >= 4 is 16.3 Å². The zero-order valence-electron chi connectivity index (χ0n) is 7.06. The quantitative estimate of drug-likeness (QED) is 0.368. The molecule has 0 bridgehead atoms. The second-order valence-corrected chi connectivity index (χ2v) is 3.52. The fourth-order valence-electron chi connectivity index (χ4n) is 0.337. The number of carbonyl (C=O) groups excluding carboxylic acids is 1. The molecule has 0 N–H and O–H groups in total. The van der Waals surface area contributed by atoms with E-state index in [1.165, 1.54) is 6.08 Å². The lowest BCUT2D eigenvalue weighted by atomic mass is 10.7. The molecule has 0 radical (unpaired) electrons. The molecule has 0 rings (SSSR count). The summed E-state index contributed by atoms with van der Waals surface area (Å²) in [6.45, 7) is 3.25. The predicted molar refractivity (Wildman–Crippen MR) is 43.4 cm³/mol. The molecular weight excluding hydrogens is 200 g/mol. The van der Waals surface area contributed by atoms with Gasteiger partial charge in [0.15, 0.2) is 0 Å². The van der Waals surface area contributed by atoms with Crippen molar-refractivity contribution in [3.05, 3.63) is 12.7 Å². The SMILES string of the molecule is C=CCOC(=O)OCS(=O)(=O)OC. The Balaban J connectivity index is 3.76. The maximum Gasteiger partial charge on any atom is 0.509 e. The topological polar surface area (TPSA) is 78.9 Å². The fraction of sp³-hybridized carbons (Fsp3) is 0.500. The van der Waals surface area contributed by atoms with Crippen molar-refractivity contribution in [3.8, 4) is 0 Å². The average molecular weight is 210 g/mol. The van der Waals surface area contributed by atoms with Crippen molar-refractivity contribution in [2.45, 2.75) is 0 Å². The zero-order valence-corrected chi connectivity index (χ0v) is 7.87. The molecule has 0 aliphatic heterocycles. The van der Waals surface area contributed by atoms with Gasteiger partial charge in [0, 0.05) is 0 Å². The molecule has 76 valence electrons. The van der Waals surface area contributed by atoms with Crippen LogP contribution in [0.15, 0.2) is 12.7 Å². The lowest BCUT2D eigenvalue weighted by molar-refractivity contribution is 0.0743. The van der Waals surface area contributed by atoms with Crippen LogP contribution in [0.25, 0.3) is 0 Å². The number of ether oxygens (including phenoxy) is 2. The highest BCUT2D eigenvalue weighted by molar-refractivity contribution is 7.86. The molecule has 6 nitrogen and oxygen atoms in total. The first-order valence-corrected chi connectivity index (χ1v) is 4.78. The second-order valence-electron chi connectivity index (χ2n) is 1.84. The fourth-order valence-corrected chi connectivity index (χ4v) is 0.674. The van der Waals surface area contributed by atoms with Crippen molar-refractivity contribution in [1.29, 1.82) is 0 Å². The van der Waals surface area contributed by atoms with Crippen molar-refractivity contribution in [1.82, 2.24) is 0 Å². The molecule has 0 aromatic heterocycles. The third kappa shape index (κ3) is 6.12. The van der Waals surface area contributed by atoms with E-state index in [1.54, 1.807) is 0 Å². The zero-order chi connectivity index (χ0) is 10.3. The largest absolute Gasteiger partial charge is 0.509 e. The van der Waals surface area contributed by atoms with Gasteiger partial charge in [-0.15, -0.1) is 0 Å². The first-order chi connectivity index (χ1) is 6.02. The molecule has 0 aromatic carbocycles. The van der Waals surface area contributed by atoms with Crippen LogP contribution in [0, 0.1) is 0 Å². The van der Waals surface area contributed by atoms with Crippen LogP contribution in [-0.4, -0.2) is 34.2 Å². The Morgan fingerprint density at radius 1 is 1.46 bits per heavy atom. The summed E-state index contributed by atoms with van der Waals surface area (Å²) in [6.07, 6.45) is 0.243. The van der Waals surface area contributed by atoms with Gasteiger partial charge in [-0.05, 0) is 0 Å². The minimum atomic E-state index is -3.79. The number of hydrogen-bond acceptors (Lipinski definition) is 6. The third-order valence-corrected chi connectivity index (χ3v) is 1.81. The highest BCUT2D eigenvalue weighted by atomic mass is 32.2. The summed E-state index contributed by atoms with van der Waals surface area (Å²) in [7, 11) is -2.82. The number of hydrogen-bond donors (Lipinski definition) is 0. The molecule has 0 aliphatic carbocycles. The van der Waals surface area contributed by atoms with Crippen LogP contribution in [0.3, 0.4) is 0 Å². The summed E-state index contributed by atoms with van der Waals surface area (Å²) in [5, 5.41) is 0. The van der Waals surface area contributed by atoms with Crippen molar-refractivity contribution in [2.75, 3.05) is 19.7 Å². The van der Waals surface area contributed by atoms with Crippen LogP contribution in [0.4, 0.5) is 4.79 Å². The lowest BCUT2D eigenvalue weighted by Gasteiger charge is -2.03. The summed E-state index contributed by atoms with van der Waals surface area (Å²) < 4.78 is 33.7. The molecule has 0 heterocycles. The van der Waals surface area contributed by atoms with E-state index in [-0.39, 0.29) is 6.61 Å². The smallest absolute Gasteiger partial charge is 0.430 e. The van der Waals surface area contributed by atoms with E-state index < -0.39 is 22.2 Å². The molecule has 0 saturated heterocycles.